The maximum absolute atomic E-state index is 5.71. The zero-order chi connectivity index (χ0) is 12.5. The van der Waals surface area contributed by atoms with Crippen LogP contribution in [0, 0.1) is 5.41 Å². The second-order valence-corrected chi connectivity index (χ2v) is 6.40. The summed E-state index contributed by atoms with van der Waals surface area (Å²) in [5, 5.41) is 0. The van der Waals surface area contributed by atoms with Crippen molar-refractivity contribution in [3.63, 3.8) is 0 Å². The van der Waals surface area contributed by atoms with E-state index in [9.17, 15) is 0 Å². The highest BCUT2D eigenvalue weighted by atomic mass is 79.9. The first kappa shape index (κ1) is 12.7. The molecule has 1 unspecified atom stereocenters. The summed E-state index contributed by atoms with van der Waals surface area (Å²) in [6.45, 7) is 8.13. The van der Waals surface area contributed by atoms with Crippen LogP contribution in [0.5, 0.6) is 11.5 Å². The first-order valence-electron chi connectivity index (χ1n) is 6.02. The van der Waals surface area contributed by atoms with Gasteiger partial charge in [-0.05, 0) is 23.1 Å². The lowest BCUT2D eigenvalue weighted by molar-refractivity contribution is 0.297. The molecule has 0 saturated carbocycles. The number of rotatable bonds is 1. The number of alkyl halides is 1. The maximum Gasteiger partial charge on any atom is 0.161 e. The quantitative estimate of drug-likeness (QED) is 0.719. The molecule has 17 heavy (non-hydrogen) atoms. The molecule has 0 fully saturated rings. The molecule has 1 aliphatic rings. The van der Waals surface area contributed by atoms with Crippen LogP contribution in [0.2, 0.25) is 0 Å². The Morgan fingerprint density at radius 3 is 2.41 bits per heavy atom. The monoisotopic (exact) mass is 298 g/mol. The van der Waals surface area contributed by atoms with Gasteiger partial charge in [-0.25, -0.2) is 0 Å². The number of fused-ring (bicyclic) bond motifs is 1. The predicted octanol–water partition coefficient (Wildman–Crippen LogP) is 4.33. The smallest absolute Gasteiger partial charge is 0.161 e. The van der Waals surface area contributed by atoms with Gasteiger partial charge in [0.2, 0.25) is 0 Å². The highest BCUT2D eigenvalue weighted by molar-refractivity contribution is 9.09. The maximum atomic E-state index is 5.71. The van der Waals surface area contributed by atoms with Crippen LogP contribution in [0.25, 0.3) is 0 Å². The lowest BCUT2D eigenvalue weighted by atomic mass is 9.88. The van der Waals surface area contributed by atoms with Gasteiger partial charge in [-0.15, -0.1) is 0 Å². The van der Waals surface area contributed by atoms with Gasteiger partial charge in [0.15, 0.2) is 11.5 Å². The van der Waals surface area contributed by atoms with Crippen molar-refractivity contribution in [2.24, 2.45) is 5.41 Å². The lowest BCUT2D eigenvalue weighted by Crippen LogP contribution is -2.12. The van der Waals surface area contributed by atoms with Gasteiger partial charge in [-0.2, -0.15) is 0 Å². The molecule has 0 radical (unpaired) electrons. The summed E-state index contributed by atoms with van der Waals surface area (Å²) in [5.41, 5.74) is 1.42. The number of hydrogen-bond donors (Lipinski definition) is 0. The highest BCUT2D eigenvalue weighted by Crippen LogP contribution is 2.42. The zero-order valence-electron chi connectivity index (χ0n) is 10.6. The van der Waals surface area contributed by atoms with E-state index in [0.29, 0.717) is 4.83 Å². The van der Waals surface area contributed by atoms with Gasteiger partial charge < -0.3 is 9.47 Å². The number of benzene rings is 1. The second-order valence-electron chi connectivity index (χ2n) is 5.49. The third-order valence-corrected chi connectivity index (χ3v) is 4.73. The van der Waals surface area contributed by atoms with Crippen molar-refractivity contribution in [1.82, 2.24) is 0 Å². The van der Waals surface area contributed by atoms with Crippen LogP contribution in [0.15, 0.2) is 18.2 Å². The molecule has 1 aliphatic heterocycles. The van der Waals surface area contributed by atoms with Gasteiger partial charge in [0.05, 0.1) is 13.2 Å². The molecule has 1 heterocycles. The molecule has 0 N–H and O–H groups in total. The van der Waals surface area contributed by atoms with Crippen molar-refractivity contribution in [1.29, 1.82) is 0 Å². The summed E-state index contributed by atoms with van der Waals surface area (Å²) < 4.78 is 11.3. The Morgan fingerprint density at radius 2 is 1.76 bits per heavy atom. The molecule has 1 aromatic rings. The summed E-state index contributed by atoms with van der Waals surface area (Å²) in [7, 11) is 0. The van der Waals surface area contributed by atoms with E-state index in [-0.39, 0.29) is 5.41 Å². The van der Waals surface area contributed by atoms with Crippen LogP contribution in [-0.4, -0.2) is 13.2 Å². The largest absolute Gasteiger partial charge is 0.490 e. The molecule has 0 bridgehead atoms. The Morgan fingerprint density at radius 1 is 1.12 bits per heavy atom. The average Bonchev–Trinajstić information content (AvgIpc) is 2.50. The first-order valence-corrected chi connectivity index (χ1v) is 6.93. The van der Waals surface area contributed by atoms with E-state index in [0.717, 1.165) is 31.1 Å². The third-order valence-electron chi connectivity index (χ3n) is 2.82. The summed E-state index contributed by atoms with van der Waals surface area (Å²) >= 11 is 3.76. The van der Waals surface area contributed by atoms with Gasteiger partial charge >= 0.3 is 0 Å². The van der Waals surface area contributed by atoms with E-state index in [1.54, 1.807) is 0 Å². The second kappa shape index (κ2) is 4.89. The Balaban J connectivity index is 2.29. The fourth-order valence-corrected chi connectivity index (χ4v) is 2.12. The van der Waals surface area contributed by atoms with E-state index in [1.165, 1.54) is 5.56 Å². The molecule has 3 heteroatoms. The highest BCUT2D eigenvalue weighted by Gasteiger charge is 2.24. The summed E-state index contributed by atoms with van der Waals surface area (Å²) in [4.78, 5) is 0.312. The van der Waals surface area contributed by atoms with Crippen molar-refractivity contribution >= 4 is 15.9 Å². The summed E-state index contributed by atoms with van der Waals surface area (Å²) in [5.74, 6) is 1.73. The Hall–Kier alpha value is -0.700. The Kier molecular flexibility index (Phi) is 3.67. The molecule has 94 valence electrons. The molecule has 0 aromatic heterocycles. The SMILES string of the molecule is CC(C)(C)C(Br)c1ccc2c(c1)OCCCO2. The molecule has 2 nitrogen and oxygen atoms in total. The van der Waals surface area contributed by atoms with Gasteiger partial charge in [0, 0.05) is 11.2 Å². The minimum atomic E-state index is 0.180. The first-order chi connectivity index (χ1) is 7.98. The van der Waals surface area contributed by atoms with Crippen molar-refractivity contribution in [3.8, 4) is 11.5 Å². The molecular weight excluding hydrogens is 280 g/mol. The van der Waals surface area contributed by atoms with Crippen LogP contribution in [-0.2, 0) is 0 Å². The molecule has 0 amide bonds. The van der Waals surface area contributed by atoms with Crippen LogP contribution >= 0.6 is 15.9 Å². The van der Waals surface area contributed by atoms with Crippen molar-refractivity contribution in [2.75, 3.05) is 13.2 Å². The standard InChI is InChI=1S/C14H19BrO2/c1-14(2,3)13(15)10-5-6-11-12(9-10)17-8-4-7-16-11/h5-6,9,13H,4,7-8H2,1-3H3. The van der Waals surface area contributed by atoms with Gasteiger partial charge in [0.1, 0.15) is 0 Å². The fourth-order valence-electron chi connectivity index (χ4n) is 1.84. The van der Waals surface area contributed by atoms with E-state index in [2.05, 4.69) is 48.8 Å². The van der Waals surface area contributed by atoms with Crippen molar-refractivity contribution < 1.29 is 9.47 Å². The van der Waals surface area contributed by atoms with E-state index < -0.39 is 0 Å². The summed E-state index contributed by atoms with van der Waals surface area (Å²) in [6, 6.07) is 6.21. The summed E-state index contributed by atoms with van der Waals surface area (Å²) in [6.07, 6.45) is 0.945. The number of hydrogen-bond acceptors (Lipinski definition) is 2. The molecule has 1 aromatic carbocycles. The van der Waals surface area contributed by atoms with Gasteiger partial charge in [-0.1, -0.05) is 42.8 Å². The predicted molar refractivity (Wildman–Crippen MR) is 73.2 cm³/mol. The molecule has 0 aliphatic carbocycles. The van der Waals surface area contributed by atoms with Crippen molar-refractivity contribution in [2.45, 2.75) is 32.0 Å². The van der Waals surface area contributed by atoms with Gasteiger partial charge in [0.25, 0.3) is 0 Å². The fraction of sp³-hybridized carbons (Fsp3) is 0.571. The minimum absolute atomic E-state index is 0.180. The topological polar surface area (TPSA) is 18.5 Å². The lowest BCUT2D eigenvalue weighted by Gasteiger charge is -2.26. The van der Waals surface area contributed by atoms with Crippen LogP contribution in [0.1, 0.15) is 37.6 Å². The van der Waals surface area contributed by atoms with Crippen LogP contribution in [0.3, 0.4) is 0 Å². The molecule has 0 saturated heterocycles. The van der Waals surface area contributed by atoms with Crippen molar-refractivity contribution in [3.05, 3.63) is 23.8 Å². The minimum Gasteiger partial charge on any atom is -0.490 e. The number of halogens is 1. The Bertz CT molecular complexity index is 396. The normalized spacial score (nSPS) is 17.4. The molecule has 1 atom stereocenters. The van der Waals surface area contributed by atoms with Crippen LogP contribution < -0.4 is 9.47 Å². The molecular formula is C14H19BrO2. The zero-order valence-corrected chi connectivity index (χ0v) is 12.2. The third kappa shape index (κ3) is 2.95. The van der Waals surface area contributed by atoms with E-state index in [4.69, 9.17) is 9.47 Å². The average molecular weight is 299 g/mol. The van der Waals surface area contributed by atoms with Crippen LogP contribution in [0.4, 0.5) is 0 Å². The molecule has 0 spiro atoms. The van der Waals surface area contributed by atoms with E-state index in [1.807, 2.05) is 6.07 Å². The van der Waals surface area contributed by atoms with Gasteiger partial charge in [-0.3, -0.25) is 0 Å². The Labute approximate surface area is 111 Å². The number of ether oxygens (including phenoxy) is 2. The molecule has 2 rings (SSSR count). The van der Waals surface area contributed by atoms with E-state index >= 15 is 0 Å².